The van der Waals surface area contributed by atoms with Crippen molar-refractivity contribution in [1.82, 2.24) is 24.2 Å². The SMILES string of the molecule is Cc1nn(C)c2c1nc(CCl)n2CCCN(C)C. The molecule has 100 valence electrons. The van der Waals surface area contributed by atoms with Gasteiger partial charge in [0.25, 0.3) is 0 Å². The number of hydrogen-bond acceptors (Lipinski definition) is 3. The van der Waals surface area contributed by atoms with Crippen molar-refractivity contribution < 1.29 is 0 Å². The van der Waals surface area contributed by atoms with Crippen molar-refractivity contribution in [2.75, 3.05) is 20.6 Å². The number of imidazole rings is 1. The van der Waals surface area contributed by atoms with Gasteiger partial charge in [-0.3, -0.25) is 4.68 Å². The summed E-state index contributed by atoms with van der Waals surface area (Å²) in [5, 5.41) is 4.41. The Bertz CT molecular complexity index is 540. The van der Waals surface area contributed by atoms with Gasteiger partial charge in [-0.25, -0.2) is 4.98 Å². The Morgan fingerprint density at radius 3 is 2.67 bits per heavy atom. The van der Waals surface area contributed by atoms with E-state index in [9.17, 15) is 0 Å². The van der Waals surface area contributed by atoms with Gasteiger partial charge in [-0.1, -0.05) is 0 Å². The van der Waals surface area contributed by atoms with E-state index in [0.29, 0.717) is 5.88 Å². The van der Waals surface area contributed by atoms with Crippen LogP contribution in [-0.4, -0.2) is 44.9 Å². The van der Waals surface area contributed by atoms with E-state index in [0.717, 1.165) is 42.2 Å². The first-order valence-electron chi connectivity index (χ1n) is 6.14. The molecule has 0 radical (unpaired) electrons. The molecule has 2 aromatic heterocycles. The lowest BCUT2D eigenvalue weighted by molar-refractivity contribution is 0.386. The number of nitrogens with zero attached hydrogens (tertiary/aromatic N) is 5. The normalized spacial score (nSPS) is 11.9. The van der Waals surface area contributed by atoms with Crippen molar-refractivity contribution in [3.05, 3.63) is 11.5 Å². The van der Waals surface area contributed by atoms with E-state index in [1.165, 1.54) is 0 Å². The lowest BCUT2D eigenvalue weighted by Gasteiger charge is -2.11. The Hall–Kier alpha value is -1.07. The third-order valence-corrected chi connectivity index (χ3v) is 3.31. The molecular formula is C12H20ClN5. The van der Waals surface area contributed by atoms with Crippen LogP contribution in [0.4, 0.5) is 0 Å². The lowest BCUT2D eigenvalue weighted by atomic mass is 10.4. The van der Waals surface area contributed by atoms with Crippen molar-refractivity contribution in [2.24, 2.45) is 7.05 Å². The van der Waals surface area contributed by atoms with E-state index in [4.69, 9.17) is 11.6 Å². The van der Waals surface area contributed by atoms with Crippen LogP contribution in [0.3, 0.4) is 0 Å². The molecule has 0 saturated heterocycles. The molecule has 0 aromatic carbocycles. The van der Waals surface area contributed by atoms with E-state index >= 15 is 0 Å². The van der Waals surface area contributed by atoms with E-state index in [-0.39, 0.29) is 0 Å². The van der Waals surface area contributed by atoms with Crippen LogP contribution in [0.1, 0.15) is 17.9 Å². The quantitative estimate of drug-likeness (QED) is 0.777. The Balaban J connectivity index is 2.34. The van der Waals surface area contributed by atoms with E-state index < -0.39 is 0 Å². The van der Waals surface area contributed by atoms with E-state index in [1.54, 1.807) is 0 Å². The number of halogens is 1. The summed E-state index contributed by atoms with van der Waals surface area (Å²) in [6, 6.07) is 0. The molecule has 0 bridgehead atoms. The van der Waals surface area contributed by atoms with E-state index in [1.807, 2.05) is 18.7 Å². The molecule has 0 amide bonds. The van der Waals surface area contributed by atoms with Gasteiger partial charge < -0.3 is 9.47 Å². The minimum Gasteiger partial charge on any atom is -0.312 e. The van der Waals surface area contributed by atoms with Crippen molar-refractivity contribution in [3.8, 4) is 0 Å². The van der Waals surface area contributed by atoms with Gasteiger partial charge in [0.05, 0.1) is 11.6 Å². The predicted octanol–water partition coefficient (Wildman–Crippen LogP) is 1.77. The first kappa shape index (κ1) is 13.4. The molecule has 0 N–H and O–H groups in total. The van der Waals surface area contributed by atoms with Crippen LogP contribution < -0.4 is 0 Å². The fourth-order valence-electron chi connectivity index (χ4n) is 2.26. The number of hydrogen-bond donors (Lipinski definition) is 0. The average Bonchev–Trinajstić information content (AvgIpc) is 2.79. The molecule has 6 heteroatoms. The van der Waals surface area contributed by atoms with Crippen LogP contribution in [0.25, 0.3) is 11.2 Å². The molecule has 0 fully saturated rings. The molecule has 0 aliphatic rings. The molecule has 18 heavy (non-hydrogen) atoms. The maximum Gasteiger partial charge on any atom is 0.158 e. The smallest absolute Gasteiger partial charge is 0.158 e. The zero-order chi connectivity index (χ0) is 13.3. The van der Waals surface area contributed by atoms with Gasteiger partial charge in [0.2, 0.25) is 0 Å². The molecule has 0 spiro atoms. The standard InChI is InChI=1S/C12H20ClN5/c1-9-11-12(17(4)15-9)18(10(8-13)14-11)7-5-6-16(2)3/h5-8H2,1-4H3. The Labute approximate surface area is 112 Å². The lowest BCUT2D eigenvalue weighted by Crippen LogP contribution is -2.16. The summed E-state index contributed by atoms with van der Waals surface area (Å²) < 4.78 is 4.08. The molecule has 0 saturated carbocycles. The van der Waals surface area contributed by atoms with Gasteiger partial charge >= 0.3 is 0 Å². The molecule has 2 rings (SSSR count). The maximum absolute atomic E-state index is 5.98. The van der Waals surface area contributed by atoms with Crippen LogP contribution in [0.2, 0.25) is 0 Å². The molecule has 0 aliphatic heterocycles. The van der Waals surface area contributed by atoms with Crippen molar-refractivity contribution >= 4 is 22.8 Å². The number of aromatic nitrogens is 4. The zero-order valence-corrected chi connectivity index (χ0v) is 12.2. The second-order valence-electron chi connectivity index (χ2n) is 4.85. The van der Waals surface area contributed by atoms with Crippen molar-refractivity contribution in [1.29, 1.82) is 0 Å². The highest BCUT2D eigenvalue weighted by molar-refractivity contribution is 6.16. The fourth-order valence-corrected chi connectivity index (χ4v) is 2.47. The second kappa shape index (κ2) is 5.28. The largest absolute Gasteiger partial charge is 0.312 e. The molecule has 0 unspecified atom stereocenters. The summed E-state index contributed by atoms with van der Waals surface area (Å²) in [7, 11) is 6.12. The van der Waals surface area contributed by atoms with Gasteiger partial charge in [0.1, 0.15) is 11.3 Å². The summed E-state index contributed by atoms with van der Waals surface area (Å²) in [6.07, 6.45) is 1.08. The molecule has 0 atom stereocenters. The number of aryl methyl sites for hydroxylation is 3. The second-order valence-corrected chi connectivity index (χ2v) is 5.12. The summed E-state index contributed by atoms with van der Waals surface area (Å²) >= 11 is 5.98. The minimum absolute atomic E-state index is 0.441. The first-order valence-corrected chi connectivity index (χ1v) is 6.67. The third kappa shape index (κ3) is 2.37. The summed E-state index contributed by atoms with van der Waals surface area (Å²) in [5.74, 6) is 1.37. The fraction of sp³-hybridized carbons (Fsp3) is 0.667. The third-order valence-electron chi connectivity index (χ3n) is 3.08. The first-order chi connectivity index (χ1) is 8.54. The Morgan fingerprint density at radius 2 is 2.06 bits per heavy atom. The molecule has 0 aliphatic carbocycles. The topological polar surface area (TPSA) is 38.9 Å². The summed E-state index contributed by atoms with van der Waals surface area (Å²) in [4.78, 5) is 6.77. The van der Waals surface area contributed by atoms with Crippen molar-refractivity contribution in [3.63, 3.8) is 0 Å². The van der Waals surface area contributed by atoms with Crippen LogP contribution in [-0.2, 0) is 19.5 Å². The molecule has 5 nitrogen and oxygen atoms in total. The zero-order valence-electron chi connectivity index (χ0n) is 11.4. The number of alkyl halides is 1. The van der Waals surface area contributed by atoms with E-state index in [2.05, 4.69) is 33.6 Å². The maximum atomic E-state index is 5.98. The molecule has 2 aromatic rings. The van der Waals surface area contributed by atoms with Gasteiger partial charge in [-0.2, -0.15) is 5.10 Å². The number of rotatable bonds is 5. The van der Waals surface area contributed by atoms with Crippen LogP contribution in [0.15, 0.2) is 0 Å². The van der Waals surface area contributed by atoms with Gasteiger partial charge in [-0.15, -0.1) is 11.6 Å². The Kier molecular flexibility index (Phi) is 3.92. The van der Waals surface area contributed by atoms with Gasteiger partial charge in [-0.05, 0) is 34.0 Å². The van der Waals surface area contributed by atoms with Crippen LogP contribution >= 0.6 is 11.6 Å². The minimum atomic E-state index is 0.441. The van der Waals surface area contributed by atoms with Gasteiger partial charge in [0.15, 0.2) is 5.65 Å². The molecule has 2 heterocycles. The van der Waals surface area contributed by atoms with Crippen LogP contribution in [0, 0.1) is 6.92 Å². The molecular weight excluding hydrogens is 250 g/mol. The van der Waals surface area contributed by atoms with Gasteiger partial charge in [0, 0.05) is 13.6 Å². The summed E-state index contributed by atoms with van der Waals surface area (Å²) in [5.41, 5.74) is 3.00. The highest BCUT2D eigenvalue weighted by Crippen LogP contribution is 2.20. The van der Waals surface area contributed by atoms with Crippen LogP contribution in [0.5, 0.6) is 0 Å². The average molecular weight is 270 g/mol. The van der Waals surface area contributed by atoms with Crippen molar-refractivity contribution in [2.45, 2.75) is 25.8 Å². The predicted molar refractivity (Wildman–Crippen MR) is 74.0 cm³/mol. The summed E-state index contributed by atoms with van der Waals surface area (Å²) in [6.45, 7) is 3.96. The highest BCUT2D eigenvalue weighted by Gasteiger charge is 2.16. The highest BCUT2D eigenvalue weighted by atomic mass is 35.5. The monoisotopic (exact) mass is 269 g/mol. The number of fused-ring (bicyclic) bond motifs is 1. The Morgan fingerprint density at radius 1 is 1.33 bits per heavy atom.